The fourth-order valence-electron chi connectivity index (χ4n) is 2.55. The SMILES string of the molecule is COc1cccc(OCC(=O)N/N=C(/C)CC(=O)Nc2cc(C)cc(C)c2)c1. The van der Waals surface area contributed by atoms with Gasteiger partial charge in [-0.05, 0) is 56.2 Å². The zero-order chi connectivity index (χ0) is 20.5. The molecule has 2 amide bonds. The predicted molar refractivity (Wildman–Crippen MR) is 109 cm³/mol. The maximum absolute atomic E-state index is 12.1. The van der Waals surface area contributed by atoms with Crippen molar-refractivity contribution < 1.29 is 19.1 Å². The Morgan fingerprint density at radius 3 is 2.36 bits per heavy atom. The van der Waals surface area contributed by atoms with Gasteiger partial charge in [0.25, 0.3) is 5.91 Å². The molecular weight excluding hydrogens is 358 g/mol. The summed E-state index contributed by atoms with van der Waals surface area (Å²) in [7, 11) is 1.56. The number of ether oxygens (including phenoxy) is 2. The van der Waals surface area contributed by atoms with Crippen LogP contribution in [0.3, 0.4) is 0 Å². The Balaban J connectivity index is 1.79. The molecule has 0 aliphatic heterocycles. The maximum Gasteiger partial charge on any atom is 0.277 e. The number of methoxy groups -OCH3 is 1. The minimum absolute atomic E-state index is 0.0734. The molecule has 0 unspecified atom stereocenters. The van der Waals surface area contributed by atoms with Gasteiger partial charge in [-0.2, -0.15) is 5.10 Å². The van der Waals surface area contributed by atoms with Crippen molar-refractivity contribution in [3.8, 4) is 11.5 Å². The molecule has 0 atom stereocenters. The Kier molecular flexibility index (Phi) is 7.56. The lowest BCUT2D eigenvalue weighted by molar-refractivity contribution is -0.123. The van der Waals surface area contributed by atoms with Crippen molar-refractivity contribution in [1.82, 2.24) is 5.43 Å². The highest BCUT2D eigenvalue weighted by molar-refractivity contribution is 6.05. The van der Waals surface area contributed by atoms with E-state index in [0.29, 0.717) is 17.2 Å². The lowest BCUT2D eigenvalue weighted by Gasteiger charge is -2.08. The smallest absolute Gasteiger partial charge is 0.277 e. The number of amides is 2. The molecule has 0 aromatic heterocycles. The van der Waals surface area contributed by atoms with Crippen LogP contribution in [0.1, 0.15) is 24.5 Å². The lowest BCUT2D eigenvalue weighted by Crippen LogP contribution is -2.26. The first-order valence-electron chi connectivity index (χ1n) is 8.82. The summed E-state index contributed by atoms with van der Waals surface area (Å²) >= 11 is 0. The number of anilines is 1. The Hall–Kier alpha value is -3.35. The topological polar surface area (TPSA) is 89.0 Å². The fourth-order valence-corrected chi connectivity index (χ4v) is 2.55. The number of nitrogens with zero attached hydrogens (tertiary/aromatic N) is 1. The van der Waals surface area contributed by atoms with Crippen LogP contribution < -0.4 is 20.2 Å². The van der Waals surface area contributed by atoms with Gasteiger partial charge in [0.15, 0.2) is 6.61 Å². The second kappa shape index (κ2) is 10.1. The molecule has 0 saturated heterocycles. The molecule has 0 heterocycles. The van der Waals surface area contributed by atoms with Gasteiger partial charge in [-0.25, -0.2) is 5.43 Å². The Bertz CT molecular complexity index is 857. The Morgan fingerprint density at radius 1 is 1.00 bits per heavy atom. The first kappa shape index (κ1) is 21.0. The van der Waals surface area contributed by atoms with Gasteiger partial charge in [-0.3, -0.25) is 9.59 Å². The first-order valence-corrected chi connectivity index (χ1v) is 8.82. The minimum atomic E-state index is -0.420. The lowest BCUT2D eigenvalue weighted by atomic mass is 10.1. The quantitative estimate of drug-likeness (QED) is 0.541. The van der Waals surface area contributed by atoms with Crippen LogP contribution in [-0.4, -0.2) is 31.2 Å². The van der Waals surface area contributed by atoms with Gasteiger partial charge >= 0.3 is 0 Å². The number of rotatable bonds is 8. The standard InChI is InChI=1S/C21H25N3O4/c1-14-8-15(2)10-17(9-14)22-20(25)11-16(3)23-24-21(26)13-28-19-7-5-6-18(12-19)27-4/h5-10,12H,11,13H2,1-4H3,(H,22,25)(H,24,26)/b23-16-. The van der Waals surface area contributed by atoms with Crippen molar-refractivity contribution in [2.75, 3.05) is 19.0 Å². The third-order valence-electron chi connectivity index (χ3n) is 3.70. The molecular formula is C21H25N3O4. The highest BCUT2D eigenvalue weighted by atomic mass is 16.5. The molecule has 0 bridgehead atoms. The van der Waals surface area contributed by atoms with Gasteiger partial charge < -0.3 is 14.8 Å². The number of nitrogens with one attached hydrogen (secondary N) is 2. The summed E-state index contributed by atoms with van der Waals surface area (Å²) < 4.78 is 10.5. The van der Waals surface area contributed by atoms with Gasteiger partial charge in [-0.1, -0.05) is 12.1 Å². The third-order valence-corrected chi connectivity index (χ3v) is 3.70. The van der Waals surface area contributed by atoms with E-state index in [-0.39, 0.29) is 18.9 Å². The van der Waals surface area contributed by atoms with Crippen LogP contribution in [0.4, 0.5) is 5.69 Å². The van der Waals surface area contributed by atoms with E-state index in [1.165, 1.54) is 0 Å². The van der Waals surface area contributed by atoms with Gasteiger partial charge in [0.1, 0.15) is 11.5 Å². The van der Waals surface area contributed by atoms with Crippen LogP contribution in [0, 0.1) is 13.8 Å². The minimum Gasteiger partial charge on any atom is -0.497 e. The van der Waals surface area contributed by atoms with Crippen LogP contribution in [0.2, 0.25) is 0 Å². The molecule has 28 heavy (non-hydrogen) atoms. The third kappa shape index (κ3) is 7.11. The van der Waals surface area contributed by atoms with Crippen LogP contribution >= 0.6 is 0 Å². The second-order valence-corrected chi connectivity index (χ2v) is 6.45. The number of benzene rings is 2. The van der Waals surface area contributed by atoms with Gasteiger partial charge in [-0.15, -0.1) is 0 Å². The van der Waals surface area contributed by atoms with E-state index in [1.54, 1.807) is 38.3 Å². The molecule has 2 N–H and O–H groups in total. The normalized spacial score (nSPS) is 10.9. The molecule has 0 radical (unpaired) electrons. The number of hydrogen-bond donors (Lipinski definition) is 2. The summed E-state index contributed by atoms with van der Waals surface area (Å²) in [6.07, 6.45) is 0.0734. The summed E-state index contributed by atoms with van der Waals surface area (Å²) in [5, 5.41) is 6.77. The van der Waals surface area contributed by atoms with Crippen molar-refractivity contribution in [3.63, 3.8) is 0 Å². The zero-order valence-electron chi connectivity index (χ0n) is 16.5. The van der Waals surface area contributed by atoms with E-state index in [9.17, 15) is 9.59 Å². The molecule has 0 aliphatic carbocycles. The van der Waals surface area contributed by atoms with E-state index in [1.807, 2.05) is 32.0 Å². The molecule has 0 fully saturated rings. The summed E-state index contributed by atoms with van der Waals surface area (Å²) in [5.74, 6) is 0.537. The molecule has 0 spiro atoms. The molecule has 7 heteroatoms. The molecule has 2 aromatic rings. The van der Waals surface area contributed by atoms with Gasteiger partial charge in [0, 0.05) is 17.5 Å². The van der Waals surface area contributed by atoms with E-state index >= 15 is 0 Å². The Morgan fingerprint density at radius 2 is 1.68 bits per heavy atom. The summed E-state index contributed by atoms with van der Waals surface area (Å²) in [4.78, 5) is 24.0. The monoisotopic (exact) mass is 383 g/mol. The molecule has 7 nitrogen and oxygen atoms in total. The van der Waals surface area contributed by atoms with Gasteiger partial charge in [0.2, 0.25) is 5.91 Å². The molecule has 2 rings (SSSR count). The van der Waals surface area contributed by atoms with Crippen molar-refractivity contribution in [2.24, 2.45) is 5.10 Å². The zero-order valence-corrected chi connectivity index (χ0v) is 16.5. The average Bonchev–Trinajstić information content (AvgIpc) is 2.64. The first-order chi connectivity index (χ1) is 13.4. The number of carbonyl (C=O) groups is 2. The van der Waals surface area contributed by atoms with Crippen molar-refractivity contribution in [3.05, 3.63) is 53.6 Å². The van der Waals surface area contributed by atoms with E-state index in [2.05, 4.69) is 15.8 Å². The van der Waals surface area contributed by atoms with Crippen LogP contribution in [0.5, 0.6) is 11.5 Å². The molecule has 0 saturated carbocycles. The second-order valence-electron chi connectivity index (χ2n) is 6.45. The molecule has 0 aliphatic rings. The highest BCUT2D eigenvalue weighted by Gasteiger charge is 2.07. The summed E-state index contributed by atoms with van der Waals surface area (Å²) in [6, 6.07) is 12.8. The van der Waals surface area contributed by atoms with Crippen molar-refractivity contribution in [1.29, 1.82) is 0 Å². The predicted octanol–water partition coefficient (Wildman–Crippen LogP) is 3.21. The van der Waals surface area contributed by atoms with E-state index < -0.39 is 5.91 Å². The fraction of sp³-hybridized carbons (Fsp3) is 0.286. The summed E-state index contributed by atoms with van der Waals surface area (Å²) in [5.41, 5.74) is 5.75. The van der Waals surface area contributed by atoms with E-state index in [4.69, 9.17) is 9.47 Å². The van der Waals surface area contributed by atoms with Crippen molar-refractivity contribution >= 4 is 23.2 Å². The number of carbonyl (C=O) groups excluding carboxylic acids is 2. The van der Waals surface area contributed by atoms with Crippen LogP contribution in [-0.2, 0) is 9.59 Å². The maximum atomic E-state index is 12.1. The van der Waals surface area contributed by atoms with Crippen molar-refractivity contribution in [2.45, 2.75) is 27.2 Å². The largest absolute Gasteiger partial charge is 0.497 e. The average molecular weight is 383 g/mol. The number of hydrogen-bond acceptors (Lipinski definition) is 5. The number of aryl methyl sites for hydroxylation is 2. The van der Waals surface area contributed by atoms with Crippen LogP contribution in [0.15, 0.2) is 47.6 Å². The van der Waals surface area contributed by atoms with Crippen LogP contribution in [0.25, 0.3) is 0 Å². The van der Waals surface area contributed by atoms with E-state index in [0.717, 1.165) is 16.8 Å². The van der Waals surface area contributed by atoms with Gasteiger partial charge in [0.05, 0.1) is 13.5 Å². The summed E-state index contributed by atoms with van der Waals surface area (Å²) in [6.45, 7) is 5.42. The highest BCUT2D eigenvalue weighted by Crippen LogP contribution is 2.18. The molecule has 2 aromatic carbocycles. The number of hydrazone groups is 1. The Labute approximate surface area is 164 Å². The molecule has 148 valence electrons.